The van der Waals surface area contributed by atoms with Gasteiger partial charge in [-0.1, -0.05) is 0 Å². The van der Waals surface area contributed by atoms with E-state index < -0.39 is 0 Å². The lowest BCUT2D eigenvalue weighted by Gasteiger charge is -2.09. The molecule has 0 atom stereocenters. The Morgan fingerprint density at radius 3 is 2.79 bits per heavy atom. The Labute approximate surface area is 96.4 Å². The minimum Gasteiger partial charge on any atom is -0.369 e. The molecule has 1 aromatic carbocycles. The van der Waals surface area contributed by atoms with Crippen LogP contribution in [-0.4, -0.2) is 9.55 Å². The first-order valence-corrected chi connectivity index (χ1v) is 5.60. The molecule has 0 spiro atoms. The molecule has 0 saturated carbocycles. The van der Waals surface area contributed by atoms with Crippen LogP contribution in [0.2, 0.25) is 0 Å². The van der Waals surface area contributed by atoms with Gasteiger partial charge in [0.1, 0.15) is 0 Å². The number of rotatable bonds is 1. The molecule has 14 heavy (non-hydrogen) atoms. The predicted molar refractivity (Wildman–Crippen MR) is 67.2 cm³/mol. The molecule has 1 aromatic heterocycles. The van der Waals surface area contributed by atoms with Crippen LogP contribution in [0.1, 0.15) is 19.9 Å². The Bertz CT molecular complexity index is 473. The number of nitrogens with two attached hydrogens (primary N) is 1. The van der Waals surface area contributed by atoms with Gasteiger partial charge in [0, 0.05) is 9.61 Å². The zero-order chi connectivity index (χ0) is 10.3. The van der Waals surface area contributed by atoms with Gasteiger partial charge in [-0.2, -0.15) is 0 Å². The van der Waals surface area contributed by atoms with Crippen LogP contribution in [0.5, 0.6) is 0 Å². The fraction of sp³-hybridized carbons (Fsp3) is 0.300. The largest absolute Gasteiger partial charge is 0.369 e. The van der Waals surface area contributed by atoms with Crippen LogP contribution in [0.15, 0.2) is 18.2 Å². The topological polar surface area (TPSA) is 43.8 Å². The molecule has 0 bridgehead atoms. The highest BCUT2D eigenvalue weighted by Gasteiger charge is 2.10. The van der Waals surface area contributed by atoms with Crippen LogP contribution in [-0.2, 0) is 0 Å². The van der Waals surface area contributed by atoms with Crippen LogP contribution in [0, 0.1) is 3.57 Å². The van der Waals surface area contributed by atoms with E-state index in [2.05, 4.69) is 53.6 Å². The van der Waals surface area contributed by atoms with Gasteiger partial charge in [-0.25, -0.2) is 4.98 Å². The average molecular weight is 301 g/mol. The van der Waals surface area contributed by atoms with Crippen molar-refractivity contribution in [1.29, 1.82) is 0 Å². The first-order valence-electron chi connectivity index (χ1n) is 4.52. The molecule has 74 valence electrons. The van der Waals surface area contributed by atoms with Crippen molar-refractivity contribution >= 4 is 39.6 Å². The fourth-order valence-corrected chi connectivity index (χ4v) is 2.11. The Hall–Kier alpha value is -0.780. The second-order valence-electron chi connectivity index (χ2n) is 3.57. The summed E-state index contributed by atoms with van der Waals surface area (Å²) in [6, 6.07) is 6.54. The van der Waals surface area contributed by atoms with Gasteiger partial charge in [0.15, 0.2) is 0 Å². The number of benzene rings is 1. The molecule has 4 heteroatoms. The number of hydrogen-bond donors (Lipinski definition) is 1. The van der Waals surface area contributed by atoms with Crippen molar-refractivity contribution in [3.05, 3.63) is 21.8 Å². The summed E-state index contributed by atoms with van der Waals surface area (Å²) in [5.41, 5.74) is 7.94. The summed E-state index contributed by atoms with van der Waals surface area (Å²) in [6.07, 6.45) is 0. The molecule has 0 aliphatic rings. The molecule has 0 fully saturated rings. The molecule has 3 nitrogen and oxygen atoms in total. The molecule has 0 saturated heterocycles. The molecular weight excluding hydrogens is 289 g/mol. The van der Waals surface area contributed by atoms with Crippen molar-refractivity contribution in [2.24, 2.45) is 0 Å². The lowest BCUT2D eigenvalue weighted by atomic mass is 10.3. The zero-order valence-electron chi connectivity index (χ0n) is 8.16. The Balaban J connectivity index is 2.77. The summed E-state index contributed by atoms with van der Waals surface area (Å²) in [7, 11) is 0. The summed E-state index contributed by atoms with van der Waals surface area (Å²) in [6.45, 7) is 4.21. The van der Waals surface area contributed by atoms with E-state index in [4.69, 9.17) is 5.73 Å². The maximum absolute atomic E-state index is 5.85. The average Bonchev–Trinajstić information content (AvgIpc) is 2.39. The lowest BCUT2D eigenvalue weighted by Crippen LogP contribution is -2.05. The first-order chi connectivity index (χ1) is 6.59. The van der Waals surface area contributed by atoms with E-state index in [9.17, 15) is 0 Å². The third-order valence-electron chi connectivity index (χ3n) is 2.20. The molecule has 0 unspecified atom stereocenters. The van der Waals surface area contributed by atoms with Gasteiger partial charge in [0.25, 0.3) is 0 Å². The van der Waals surface area contributed by atoms with Crippen molar-refractivity contribution in [2.75, 3.05) is 5.73 Å². The summed E-state index contributed by atoms with van der Waals surface area (Å²) in [5.74, 6) is 0.594. The monoisotopic (exact) mass is 301 g/mol. The van der Waals surface area contributed by atoms with E-state index in [1.807, 2.05) is 10.6 Å². The Kier molecular flexibility index (Phi) is 2.38. The maximum atomic E-state index is 5.85. The first kappa shape index (κ1) is 9.76. The van der Waals surface area contributed by atoms with Crippen LogP contribution in [0.25, 0.3) is 11.0 Å². The van der Waals surface area contributed by atoms with Gasteiger partial charge in [-0.15, -0.1) is 0 Å². The highest BCUT2D eigenvalue weighted by molar-refractivity contribution is 14.1. The quantitative estimate of drug-likeness (QED) is 0.823. The third kappa shape index (κ3) is 1.47. The molecule has 2 N–H and O–H groups in total. The van der Waals surface area contributed by atoms with Crippen LogP contribution >= 0.6 is 22.6 Å². The maximum Gasteiger partial charge on any atom is 0.201 e. The molecular formula is C10H12IN3. The minimum atomic E-state index is 0.347. The number of fused-ring (bicyclic) bond motifs is 1. The Morgan fingerprint density at radius 1 is 1.43 bits per heavy atom. The van der Waals surface area contributed by atoms with Crippen LogP contribution < -0.4 is 5.73 Å². The molecule has 1 heterocycles. The zero-order valence-corrected chi connectivity index (χ0v) is 10.3. The Morgan fingerprint density at radius 2 is 2.14 bits per heavy atom. The fourth-order valence-electron chi connectivity index (χ4n) is 1.63. The van der Waals surface area contributed by atoms with Gasteiger partial charge in [-0.3, -0.25) is 0 Å². The summed E-state index contributed by atoms with van der Waals surface area (Å²) < 4.78 is 3.23. The molecule has 0 radical (unpaired) electrons. The number of nitrogen functional groups attached to an aromatic ring is 1. The number of hydrogen-bond acceptors (Lipinski definition) is 2. The van der Waals surface area contributed by atoms with Crippen molar-refractivity contribution in [3.63, 3.8) is 0 Å². The summed E-state index contributed by atoms with van der Waals surface area (Å²) in [5, 5.41) is 0. The van der Waals surface area contributed by atoms with Crippen LogP contribution in [0.4, 0.5) is 5.95 Å². The second-order valence-corrected chi connectivity index (χ2v) is 4.81. The van der Waals surface area contributed by atoms with Gasteiger partial charge in [-0.05, 0) is 54.6 Å². The van der Waals surface area contributed by atoms with E-state index in [1.165, 1.54) is 3.57 Å². The van der Waals surface area contributed by atoms with Crippen molar-refractivity contribution < 1.29 is 0 Å². The van der Waals surface area contributed by atoms with Crippen LogP contribution in [0.3, 0.4) is 0 Å². The highest BCUT2D eigenvalue weighted by atomic mass is 127. The number of imidazole rings is 1. The highest BCUT2D eigenvalue weighted by Crippen LogP contribution is 2.23. The molecule has 2 rings (SSSR count). The van der Waals surface area contributed by atoms with Gasteiger partial charge in [0.2, 0.25) is 5.95 Å². The van der Waals surface area contributed by atoms with E-state index in [0.717, 1.165) is 11.0 Å². The van der Waals surface area contributed by atoms with E-state index >= 15 is 0 Å². The van der Waals surface area contributed by atoms with E-state index in [-0.39, 0.29) is 0 Å². The van der Waals surface area contributed by atoms with Gasteiger partial charge >= 0.3 is 0 Å². The molecule has 2 aromatic rings. The van der Waals surface area contributed by atoms with Gasteiger partial charge < -0.3 is 10.3 Å². The van der Waals surface area contributed by atoms with Crippen molar-refractivity contribution in [1.82, 2.24) is 9.55 Å². The number of aromatic nitrogens is 2. The number of halogens is 1. The standard InChI is InChI=1S/C10H12IN3/c1-6(2)14-9-4-3-7(11)5-8(9)13-10(14)12/h3-6H,1-2H3,(H2,12,13). The molecule has 0 aliphatic heterocycles. The van der Waals surface area contributed by atoms with Crippen molar-refractivity contribution in [3.8, 4) is 0 Å². The minimum absolute atomic E-state index is 0.347. The summed E-state index contributed by atoms with van der Waals surface area (Å²) in [4.78, 5) is 4.33. The lowest BCUT2D eigenvalue weighted by molar-refractivity contribution is 0.627. The third-order valence-corrected chi connectivity index (χ3v) is 2.87. The van der Waals surface area contributed by atoms with E-state index in [1.54, 1.807) is 0 Å². The SMILES string of the molecule is CC(C)n1c(N)nc2cc(I)ccc21. The smallest absolute Gasteiger partial charge is 0.201 e. The summed E-state index contributed by atoms with van der Waals surface area (Å²) >= 11 is 2.28. The normalized spacial score (nSPS) is 11.4. The van der Waals surface area contributed by atoms with E-state index in [0.29, 0.717) is 12.0 Å². The van der Waals surface area contributed by atoms with Crippen molar-refractivity contribution in [2.45, 2.75) is 19.9 Å². The second kappa shape index (κ2) is 3.42. The molecule has 0 amide bonds. The number of anilines is 1. The molecule has 0 aliphatic carbocycles. The predicted octanol–water partition coefficient (Wildman–Crippen LogP) is 2.80. The number of nitrogens with zero attached hydrogens (tertiary/aromatic N) is 2. The van der Waals surface area contributed by atoms with Gasteiger partial charge in [0.05, 0.1) is 11.0 Å².